The van der Waals surface area contributed by atoms with Gasteiger partial charge in [-0.1, -0.05) is 36.8 Å². The fraction of sp³-hybridized carbons (Fsp3) is 0.182. The van der Waals surface area contributed by atoms with Gasteiger partial charge in [0.15, 0.2) is 0 Å². The van der Waals surface area contributed by atoms with Crippen LogP contribution in [-0.4, -0.2) is 5.71 Å². The van der Waals surface area contributed by atoms with Gasteiger partial charge in [-0.3, -0.25) is 0 Å². The summed E-state index contributed by atoms with van der Waals surface area (Å²) in [7, 11) is 0. The smallest absolute Gasteiger partial charge is 0.0645 e. The zero-order valence-electron chi connectivity index (χ0n) is 14.4. The summed E-state index contributed by atoms with van der Waals surface area (Å²) in [6, 6.07) is -2.96. The highest BCUT2D eigenvalue weighted by atomic mass is 14.4. The molecule has 1 aliphatic carbocycles. The van der Waals surface area contributed by atoms with E-state index in [0.717, 1.165) is 0 Å². The molecular formula is C11H13N. The summed E-state index contributed by atoms with van der Waals surface area (Å²) >= 11 is 0. The molecule has 0 aromatic heterocycles. The number of hydrogen-bond acceptors (Lipinski definition) is 1. The van der Waals surface area contributed by atoms with Crippen molar-refractivity contribution in [3.63, 3.8) is 0 Å². The van der Waals surface area contributed by atoms with Gasteiger partial charge in [-0.15, -0.1) is 0 Å². The molecule has 62 valence electrons. The summed E-state index contributed by atoms with van der Waals surface area (Å²) in [5.41, 5.74) is -0.570. The SMILES string of the molecule is [2H]C=C([2H])/C([2H])=C(/[2H])C(=N)C1=C([2H])C([2H])=C([2H])C([2H])C1. The Morgan fingerprint density at radius 3 is 3.75 bits per heavy atom. The van der Waals surface area contributed by atoms with Crippen molar-refractivity contribution in [3.05, 3.63) is 48.4 Å². The van der Waals surface area contributed by atoms with Crippen molar-refractivity contribution in [2.75, 3.05) is 0 Å². The third-order valence-corrected chi connectivity index (χ3v) is 1.26. The van der Waals surface area contributed by atoms with Crippen LogP contribution in [0, 0.1) is 5.41 Å². The van der Waals surface area contributed by atoms with Crippen molar-refractivity contribution in [2.24, 2.45) is 0 Å². The fourth-order valence-corrected chi connectivity index (χ4v) is 0.705. The molecule has 1 rings (SSSR count). The second kappa shape index (κ2) is 4.50. The van der Waals surface area contributed by atoms with E-state index in [2.05, 4.69) is 0 Å². The minimum atomic E-state index is -1.07. The average molecular weight is 167 g/mol. The minimum Gasteiger partial charge on any atom is -0.301 e. The van der Waals surface area contributed by atoms with E-state index in [4.69, 9.17) is 16.4 Å². The maximum Gasteiger partial charge on any atom is 0.0645 e. The van der Waals surface area contributed by atoms with Crippen molar-refractivity contribution in [1.29, 1.82) is 5.41 Å². The monoisotopic (exact) mass is 167 g/mol. The highest BCUT2D eigenvalue weighted by Crippen LogP contribution is 2.13. The Kier molecular flexibility index (Phi) is 1.06. The molecule has 1 N–H and O–H groups in total. The molecule has 0 aromatic rings. The Bertz CT molecular complexity index is 569. The Morgan fingerprint density at radius 2 is 2.92 bits per heavy atom. The van der Waals surface area contributed by atoms with Gasteiger partial charge in [0.1, 0.15) is 0 Å². The van der Waals surface area contributed by atoms with Gasteiger partial charge < -0.3 is 5.41 Å². The molecule has 0 saturated carbocycles. The van der Waals surface area contributed by atoms with E-state index in [1.807, 2.05) is 0 Å². The summed E-state index contributed by atoms with van der Waals surface area (Å²) in [6.07, 6.45) is -1.22. The Morgan fingerprint density at radius 1 is 2.00 bits per heavy atom. The van der Waals surface area contributed by atoms with E-state index in [9.17, 15) is 0 Å². The molecule has 0 saturated heterocycles. The van der Waals surface area contributed by atoms with Gasteiger partial charge in [0.05, 0.1) is 15.3 Å². The van der Waals surface area contributed by atoms with Gasteiger partial charge in [0, 0.05) is 1.37 Å². The zero-order chi connectivity index (χ0) is 15.6. The van der Waals surface area contributed by atoms with E-state index in [1.54, 1.807) is 0 Å². The molecule has 0 aliphatic heterocycles. The highest BCUT2D eigenvalue weighted by molar-refractivity contribution is 6.06. The molecule has 0 heterocycles. The summed E-state index contributed by atoms with van der Waals surface area (Å²) in [4.78, 5) is 0. The van der Waals surface area contributed by atoms with Gasteiger partial charge in [0.25, 0.3) is 0 Å². The van der Waals surface area contributed by atoms with Crippen LogP contribution < -0.4 is 0 Å². The molecule has 1 atom stereocenters. The third-order valence-electron chi connectivity index (χ3n) is 1.26. The molecule has 0 radical (unpaired) electrons. The zero-order valence-corrected chi connectivity index (χ0v) is 6.36. The highest BCUT2D eigenvalue weighted by Gasteiger charge is 2.01. The van der Waals surface area contributed by atoms with E-state index < -0.39 is 42.4 Å². The normalized spacial score (nSPS) is 37.7. The predicted molar refractivity (Wildman–Crippen MR) is 53.5 cm³/mol. The number of nitrogens with one attached hydrogen (secondary N) is 1. The fourth-order valence-electron chi connectivity index (χ4n) is 0.705. The van der Waals surface area contributed by atoms with Crippen molar-refractivity contribution in [2.45, 2.75) is 12.8 Å². The van der Waals surface area contributed by atoms with Gasteiger partial charge in [-0.25, -0.2) is 0 Å². The molecule has 0 fully saturated rings. The largest absolute Gasteiger partial charge is 0.301 e. The van der Waals surface area contributed by atoms with Crippen LogP contribution in [0.15, 0.2) is 48.4 Å². The first kappa shape index (κ1) is 2.84. The molecule has 0 bridgehead atoms. The number of rotatable bonds is 3. The topological polar surface area (TPSA) is 23.9 Å². The van der Waals surface area contributed by atoms with E-state index in [-0.39, 0.29) is 18.0 Å². The molecule has 0 aromatic carbocycles. The van der Waals surface area contributed by atoms with Crippen LogP contribution in [-0.2, 0) is 0 Å². The van der Waals surface area contributed by atoms with Crippen LogP contribution in [0.3, 0.4) is 0 Å². The lowest BCUT2D eigenvalue weighted by Gasteiger charge is -2.06. The van der Waals surface area contributed by atoms with Gasteiger partial charge in [-0.05, 0) is 24.4 Å². The average Bonchev–Trinajstić information content (AvgIpc) is 2.45. The molecule has 0 amide bonds. The van der Waals surface area contributed by atoms with Crippen LogP contribution in [0.25, 0.3) is 0 Å². The van der Waals surface area contributed by atoms with Crippen molar-refractivity contribution >= 4 is 5.71 Å². The standard InChI is InChI=1S/C11H13N/c1-2-3-9-11(12)10-7-5-4-6-8-10/h2-5,7,9,12H,1,6,8H2/b9-3-,12-11?/i1D,2D,3D,4D,5D,6D,7D,9D/b2-1?,9-3-,12-11?. The molecule has 12 heavy (non-hydrogen) atoms. The Labute approximate surface area is 84.5 Å². The number of allylic oxidation sites excluding steroid dienone is 7. The maximum absolute atomic E-state index is 7.80. The van der Waals surface area contributed by atoms with Crippen LogP contribution in [0.1, 0.15) is 23.8 Å². The molecule has 1 unspecified atom stereocenters. The maximum atomic E-state index is 7.80. The van der Waals surface area contributed by atoms with Crippen molar-refractivity contribution in [1.82, 2.24) is 0 Å². The first-order valence-corrected chi connectivity index (χ1v) is 3.34. The van der Waals surface area contributed by atoms with Crippen molar-refractivity contribution in [3.8, 4) is 0 Å². The lowest BCUT2D eigenvalue weighted by atomic mass is 10.0. The van der Waals surface area contributed by atoms with Crippen LogP contribution in [0.2, 0.25) is 0 Å². The molecule has 0 spiro atoms. The van der Waals surface area contributed by atoms with Gasteiger partial charge in [-0.2, -0.15) is 0 Å². The quantitative estimate of drug-likeness (QED) is 0.493. The summed E-state index contributed by atoms with van der Waals surface area (Å²) < 4.78 is 59.5. The second-order valence-electron chi connectivity index (χ2n) is 2.05. The second-order valence-corrected chi connectivity index (χ2v) is 2.05. The minimum absolute atomic E-state index is 0.0569. The van der Waals surface area contributed by atoms with Crippen LogP contribution >= 0.6 is 0 Å². The van der Waals surface area contributed by atoms with Gasteiger partial charge >= 0.3 is 0 Å². The van der Waals surface area contributed by atoms with E-state index in [1.165, 1.54) is 0 Å². The first-order valence-electron chi connectivity index (χ1n) is 7.49. The van der Waals surface area contributed by atoms with E-state index in [0.29, 0.717) is 6.55 Å². The van der Waals surface area contributed by atoms with Crippen molar-refractivity contribution < 1.29 is 11.0 Å². The Balaban J connectivity index is 3.30. The molecule has 1 nitrogen and oxygen atoms in total. The summed E-state index contributed by atoms with van der Waals surface area (Å²) in [5.74, 6) is 0. The van der Waals surface area contributed by atoms with Crippen LogP contribution in [0.5, 0.6) is 0 Å². The lowest BCUT2D eigenvalue weighted by molar-refractivity contribution is 1.00. The molecule has 1 heteroatoms. The van der Waals surface area contributed by atoms with Gasteiger partial charge in [0.2, 0.25) is 0 Å². The lowest BCUT2D eigenvalue weighted by Crippen LogP contribution is -1.98. The molecule has 1 aliphatic rings. The Hall–Kier alpha value is -1.37. The van der Waals surface area contributed by atoms with Crippen LogP contribution in [0.4, 0.5) is 0 Å². The summed E-state index contributed by atoms with van der Waals surface area (Å²) in [5, 5.41) is 7.80. The third kappa shape index (κ3) is 2.35. The number of hydrogen-bond donors (Lipinski definition) is 1. The summed E-state index contributed by atoms with van der Waals surface area (Å²) in [6.45, 7) is 0.575. The van der Waals surface area contributed by atoms with E-state index >= 15 is 0 Å². The first-order chi connectivity index (χ1) is 9.22. The molecular weight excluding hydrogens is 146 g/mol. The predicted octanol–water partition coefficient (Wildman–Crippen LogP) is 3.02.